The van der Waals surface area contributed by atoms with Crippen LogP contribution in [0.5, 0.6) is 0 Å². The Kier molecular flexibility index (Phi) is 4.07. The summed E-state index contributed by atoms with van der Waals surface area (Å²) in [4.78, 5) is 11.2. The van der Waals surface area contributed by atoms with Crippen molar-refractivity contribution < 1.29 is 18.3 Å². The zero-order valence-corrected chi connectivity index (χ0v) is 12.4. The summed E-state index contributed by atoms with van der Waals surface area (Å²) in [7, 11) is -1.49. The van der Waals surface area contributed by atoms with Crippen LogP contribution >= 0.6 is 0 Å². The summed E-state index contributed by atoms with van der Waals surface area (Å²) >= 11 is 0. The van der Waals surface area contributed by atoms with Crippen molar-refractivity contribution in [2.24, 2.45) is 7.05 Å². The molecule has 0 aromatic carbocycles. The van der Waals surface area contributed by atoms with Crippen LogP contribution in [0.25, 0.3) is 11.3 Å². The SMILES string of the molecule is CCS(=O)(=O)CCn1nnc(C(=O)O)c1-c1cnn(C)c1. The van der Waals surface area contributed by atoms with Crippen molar-refractivity contribution in [2.45, 2.75) is 13.5 Å². The fourth-order valence-corrected chi connectivity index (χ4v) is 2.55. The van der Waals surface area contributed by atoms with E-state index < -0.39 is 15.8 Å². The maximum Gasteiger partial charge on any atom is 0.358 e. The number of carbonyl (C=O) groups is 1. The van der Waals surface area contributed by atoms with Crippen molar-refractivity contribution in [3.05, 3.63) is 18.1 Å². The van der Waals surface area contributed by atoms with Gasteiger partial charge in [-0.15, -0.1) is 5.10 Å². The van der Waals surface area contributed by atoms with Crippen LogP contribution in [0.2, 0.25) is 0 Å². The summed E-state index contributed by atoms with van der Waals surface area (Å²) in [5, 5.41) is 20.5. The number of carboxylic acid groups (broad SMARTS) is 1. The molecule has 2 aromatic rings. The molecule has 21 heavy (non-hydrogen) atoms. The largest absolute Gasteiger partial charge is 0.476 e. The van der Waals surface area contributed by atoms with Crippen molar-refractivity contribution >= 4 is 15.8 Å². The van der Waals surface area contributed by atoms with Gasteiger partial charge >= 0.3 is 5.97 Å². The molecule has 2 heterocycles. The van der Waals surface area contributed by atoms with Crippen molar-refractivity contribution in [2.75, 3.05) is 11.5 Å². The summed E-state index contributed by atoms with van der Waals surface area (Å²) in [6.45, 7) is 1.60. The predicted molar refractivity (Wildman–Crippen MR) is 73.5 cm³/mol. The molecule has 0 saturated carbocycles. The van der Waals surface area contributed by atoms with E-state index in [0.717, 1.165) is 0 Å². The van der Waals surface area contributed by atoms with Crippen molar-refractivity contribution in [1.29, 1.82) is 0 Å². The summed E-state index contributed by atoms with van der Waals surface area (Å²) < 4.78 is 25.9. The Morgan fingerprint density at radius 2 is 2.14 bits per heavy atom. The van der Waals surface area contributed by atoms with Crippen molar-refractivity contribution in [1.82, 2.24) is 24.8 Å². The van der Waals surface area contributed by atoms with Crippen LogP contribution < -0.4 is 0 Å². The van der Waals surface area contributed by atoms with Crippen LogP contribution in [0, 0.1) is 0 Å². The minimum absolute atomic E-state index is 0.0235. The van der Waals surface area contributed by atoms with E-state index in [0.29, 0.717) is 5.56 Å². The molecule has 10 heteroatoms. The lowest BCUT2D eigenvalue weighted by atomic mass is 10.2. The van der Waals surface area contributed by atoms with Gasteiger partial charge in [0, 0.05) is 24.6 Å². The highest BCUT2D eigenvalue weighted by atomic mass is 32.2. The molecule has 0 aliphatic heterocycles. The number of hydrogen-bond donors (Lipinski definition) is 1. The van der Waals surface area contributed by atoms with Crippen LogP contribution in [-0.4, -0.2) is 55.8 Å². The third-order valence-corrected chi connectivity index (χ3v) is 4.65. The van der Waals surface area contributed by atoms with E-state index in [1.807, 2.05) is 0 Å². The van der Waals surface area contributed by atoms with Gasteiger partial charge in [0.1, 0.15) is 5.69 Å². The highest BCUT2D eigenvalue weighted by Crippen LogP contribution is 2.21. The zero-order valence-electron chi connectivity index (χ0n) is 11.6. The van der Waals surface area contributed by atoms with E-state index in [4.69, 9.17) is 5.11 Å². The Morgan fingerprint density at radius 3 is 2.67 bits per heavy atom. The first kappa shape index (κ1) is 15.2. The number of carboxylic acids is 1. The van der Waals surface area contributed by atoms with Crippen LogP contribution in [0.1, 0.15) is 17.4 Å². The lowest BCUT2D eigenvalue weighted by Gasteiger charge is -2.05. The normalized spacial score (nSPS) is 11.7. The van der Waals surface area contributed by atoms with E-state index in [9.17, 15) is 13.2 Å². The summed E-state index contributed by atoms with van der Waals surface area (Å²) in [6.07, 6.45) is 3.10. The second-order valence-corrected chi connectivity index (χ2v) is 6.93. The first-order valence-corrected chi connectivity index (χ1v) is 8.02. The van der Waals surface area contributed by atoms with E-state index in [1.165, 1.54) is 15.6 Å². The molecule has 0 unspecified atom stereocenters. The molecule has 0 radical (unpaired) electrons. The van der Waals surface area contributed by atoms with Gasteiger partial charge in [-0.2, -0.15) is 5.10 Å². The lowest BCUT2D eigenvalue weighted by Crippen LogP contribution is -2.16. The van der Waals surface area contributed by atoms with Crippen LogP contribution in [0.15, 0.2) is 12.4 Å². The van der Waals surface area contributed by atoms with Gasteiger partial charge in [-0.1, -0.05) is 12.1 Å². The molecule has 2 aromatic heterocycles. The van der Waals surface area contributed by atoms with Crippen molar-refractivity contribution in [3.63, 3.8) is 0 Å². The number of aryl methyl sites for hydroxylation is 2. The smallest absolute Gasteiger partial charge is 0.358 e. The van der Waals surface area contributed by atoms with E-state index >= 15 is 0 Å². The maximum absolute atomic E-state index is 11.6. The Morgan fingerprint density at radius 1 is 1.43 bits per heavy atom. The third kappa shape index (κ3) is 3.27. The highest BCUT2D eigenvalue weighted by Gasteiger charge is 2.22. The molecule has 114 valence electrons. The molecule has 0 fully saturated rings. The highest BCUT2D eigenvalue weighted by molar-refractivity contribution is 7.91. The lowest BCUT2D eigenvalue weighted by molar-refractivity contribution is 0.0691. The van der Waals surface area contributed by atoms with Gasteiger partial charge in [-0.3, -0.25) is 4.68 Å². The minimum atomic E-state index is -3.18. The quantitative estimate of drug-likeness (QED) is 0.784. The van der Waals surface area contributed by atoms with Gasteiger partial charge in [-0.25, -0.2) is 17.9 Å². The molecular formula is C11H15N5O4S. The average molecular weight is 313 g/mol. The molecular weight excluding hydrogens is 298 g/mol. The Balaban J connectivity index is 2.41. The minimum Gasteiger partial charge on any atom is -0.476 e. The Bertz CT molecular complexity index is 761. The molecule has 0 saturated heterocycles. The summed E-state index contributed by atoms with van der Waals surface area (Å²) in [6, 6.07) is 0. The van der Waals surface area contributed by atoms with E-state index in [-0.39, 0.29) is 29.4 Å². The van der Waals surface area contributed by atoms with Gasteiger partial charge in [0.25, 0.3) is 0 Å². The number of aromatic nitrogens is 5. The second kappa shape index (κ2) is 5.64. The van der Waals surface area contributed by atoms with Crippen molar-refractivity contribution in [3.8, 4) is 11.3 Å². The second-order valence-electron chi connectivity index (χ2n) is 4.45. The number of sulfone groups is 1. The molecule has 9 nitrogen and oxygen atoms in total. The topological polar surface area (TPSA) is 120 Å². The first-order chi connectivity index (χ1) is 9.84. The number of hydrogen-bond acceptors (Lipinski definition) is 6. The number of aromatic carboxylic acids is 1. The van der Waals surface area contributed by atoms with E-state index in [2.05, 4.69) is 15.4 Å². The molecule has 1 N–H and O–H groups in total. The first-order valence-electron chi connectivity index (χ1n) is 6.20. The Labute approximate surface area is 121 Å². The van der Waals surface area contributed by atoms with Gasteiger partial charge in [0.2, 0.25) is 0 Å². The van der Waals surface area contributed by atoms with Gasteiger partial charge in [-0.05, 0) is 0 Å². The number of nitrogens with zero attached hydrogens (tertiary/aromatic N) is 5. The summed E-state index contributed by atoms with van der Waals surface area (Å²) in [5.74, 6) is -1.33. The van der Waals surface area contributed by atoms with Crippen LogP contribution in [0.4, 0.5) is 0 Å². The van der Waals surface area contributed by atoms with Gasteiger partial charge in [0.15, 0.2) is 15.5 Å². The molecule has 2 rings (SSSR count). The van der Waals surface area contributed by atoms with Crippen LogP contribution in [0.3, 0.4) is 0 Å². The van der Waals surface area contributed by atoms with Gasteiger partial charge < -0.3 is 5.11 Å². The summed E-state index contributed by atoms with van der Waals surface area (Å²) in [5.41, 5.74) is 0.549. The standard InChI is InChI=1S/C11H15N5O4S/c1-3-21(19,20)5-4-16-10(8-6-12-15(2)7-8)9(11(17)18)13-14-16/h6-7H,3-5H2,1-2H3,(H,17,18). The number of rotatable bonds is 6. The molecule has 0 amide bonds. The molecule has 0 bridgehead atoms. The molecule has 0 aliphatic carbocycles. The maximum atomic E-state index is 11.6. The fourth-order valence-electron chi connectivity index (χ4n) is 1.81. The Hall–Kier alpha value is -2.23. The van der Waals surface area contributed by atoms with Gasteiger partial charge in [0.05, 0.1) is 18.5 Å². The monoisotopic (exact) mass is 313 g/mol. The van der Waals surface area contributed by atoms with Crippen LogP contribution in [-0.2, 0) is 23.4 Å². The fraction of sp³-hybridized carbons (Fsp3) is 0.455. The zero-order chi connectivity index (χ0) is 15.6. The third-order valence-electron chi connectivity index (χ3n) is 2.97. The van der Waals surface area contributed by atoms with E-state index in [1.54, 1.807) is 20.2 Å². The molecule has 0 aliphatic rings. The predicted octanol–water partition coefficient (Wildman–Crippen LogP) is -0.188. The molecule has 0 atom stereocenters. The molecule has 0 spiro atoms. The average Bonchev–Trinajstić information content (AvgIpc) is 3.02.